The maximum Gasteiger partial charge on any atom is 0.138 e. The van der Waals surface area contributed by atoms with Gasteiger partial charge in [0, 0.05) is 5.39 Å². The molecule has 3 heteroatoms. The van der Waals surface area contributed by atoms with Gasteiger partial charge in [-0.05, 0) is 46.3 Å². The first-order chi connectivity index (χ1) is 6.61. The summed E-state index contributed by atoms with van der Waals surface area (Å²) in [6.07, 6.45) is 0. The molecule has 1 heterocycles. The molecule has 72 valence electrons. The fourth-order valence-electron chi connectivity index (χ4n) is 1.67. The lowest BCUT2D eigenvalue weighted by Crippen LogP contribution is -1.89. The number of pyridine rings is 1. The molecule has 0 atom stereocenters. The lowest BCUT2D eigenvalue weighted by molar-refractivity contribution is 1.25. The molecule has 0 spiro atoms. The number of nitrogens with zero attached hydrogens (tertiary/aromatic N) is 1. The third kappa shape index (κ3) is 1.43. The zero-order chi connectivity index (χ0) is 10.3. The van der Waals surface area contributed by atoms with E-state index in [1.807, 2.05) is 19.1 Å². The molecule has 1 aromatic carbocycles. The second-order valence-electron chi connectivity index (χ2n) is 3.32. The summed E-state index contributed by atoms with van der Waals surface area (Å²) in [5.41, 5.74) is 2.37. The van der Waals surface area contributed by atoms with Gasteiger partial charge in [0.1, 0.15) is 9.76 Å². The fraction of sp³-hybridized carbons (Fsp3) is 0.182. The molecule has 0 radical (unpaired) electrons. The Hall–Kier alpha value is -0.600. The summed E-state index contributed by atoms with van der Waals surface area (Å²) in [7, 11) is 0. The van der Waals surface area contributed by atoms with E-state index in [-0.39, 0.29) is 0 Å². The molecule has 2 aromatic rings. The van der Waals surface area contributed by atoms with Gasteiger partial charge in [0.2, 0.25) is 0 Å². The predicted octanol–water partition coefficient (Wildman–Crippen LogP) is 4.27. The monoisotopic (exact) mass is 269 g/mol. The van der Waals surface area contributed by atoms with E-state index >= 15 is 0 Å². The highest BCUT2D eigenvalue weighted by Crippen LogP contribution is 2.31. The van der Waals surface area contributed by atoms with Crippen molar-refractivity contribution in [3.8, 4) is 0 Å². The molecule has 0 saturated carbocycles. The van der Waals surface area contributed by atoms with Crippen molar-refractivity contribution < 1.29 is 0 Å². The van der Waals surface area contributed by atoms with Crippen molar-refractivity contribution in [2.24, 2.45) is 0 Å². The number of halogens is 2. The van der Waals surface area contributed by atoms with Crippen LogP contribution in [0.5, 0.6) is 0 Å². The van der Waals surface area contributed by atoms with Crippen molar-refractivity contribution in [1.29, 1.82) is 0 Å². The summed E-state index contributed by atoms with van der Waals surface area (Å²) in [6, 6.07) is 6.08. The Morgan fingerprint density at radius 1 is 1.29 bits per heavy atom. The lowest BCUT2D eigenvalue weighted by Gasteiger charge is -2.08. The molecule has 0 bridgehead atoms. The highest BCUT2D eigenvalue weighted by atomic mass is 79.9. The predicted molar refractivity (Wildman–Crippen MR) is 63.9 cm³/mol. The van der Waals surface area contributed by atoms with Crippen molar-refractivity contribution in [3.05, 3.63) is 39.1 Å². The van der Waals surface area contributed by atoms with Gasteiger partial charge in [-0.2, -0.15) is 0 Å². The number of aromatic nitrogens is 1. The van der Waals surface area contributed by atoms with E-state index in [0.29, 0.717) is 5.15 Å². The molecular weight excluding hydrogens is 261 g/mol. The van der Waals surface area contributed by atoms with Crippen LogP contribution < -0.4 is 0 Å². The van der Waals surface area contributed by atoms with Crippen molar-refractivity contribution in [3.63, 3.8) is 0 Å². The van der Waals surface area contributed by atoms with Crippen LogP contribution in [0.4, 0.5) is 0 Å². The van der Waals surface area contributed by atoms with Crippen LogP contribution >= 0.6 is 27.5 Å². The van der Waals surface area contributed by atoms with E-state index in [0.717, 1.165) is 15.6 Å². The van der Waals surface area contributed by atoms with Gasteiger partial charge in [-0.3, -0.25) is 0 Å². The zero-order valence-corrected chi connectivity index (χ0v) is 10.3. The first-order valence-corrected chi connectivity index (χ1v) is 5.49. The average molecular weight is 271 g/mol. The van der Waals surface area contributed by atoms with Gasteiger partial charge < -0.3 is 0 Å². The summed E-state index contributed by atoms with van der Waals surface area (Å²) < 4.78 is 0.823. The molecule has 0 fully saturated rings. The van der Waals surface area contributed by atoms with Crippen molar-refractivity contribution in [2.75, 3.05) is 0 Å². The summed E-state index contributed by atoms with van der Waals surface area (Å²) in [5.74, 6) is 0. The Balaban J connectivity index is 3.03. The number of rotatable bonds is 0. The van der Waals surface area contributed by atoms with Crippen LogP contribution in [-0.4, -0.2) is 4.98 Å². The molecule has 0 N–H and O–H groups in total. The van der Waals surface area contributed by atoms with Gasteiger partial charge in [0.25, 0.3) is 0 Å². The largest absolute Gasteiger partial charge is 0.228 e. The topological polar surface area (TPSA) is 12.9 Å². The van der Waals surface area contributed by atoms with Gasteiger partial charge in [-0.25, -0.2) is 4.98 Å². The van der Waals surface area contributed by atoms with E-state index in [9.17, 15) is 0 Å². The second kappa shape index (κ2) is 3.52. The maximum absolute atomic E-state index is 6.07. The standard InChI is InChI=1S/C11H9BrClN/c1-6-4-3-5-8-9(6)7(2)10(12)14-11(8)13/h3-5H,1-2H3. The number of hydrogen-bond donors (Lipinski definition) is 0. The summed E-state index contributed by atoms with van der Waals surface area (Å²) in [5, 5.41) is 2.77. The van der Waals surface area contributed by atoms with Crippen LogP contribution in [0.2, 0.25) is 5.15 Å². The number of fused-ring (bicyclic) bond motifs is 1. The molecule has 0 aliphatic carbocycles. The van der Waals surface area contributed by atoms with Gasteiger partial charge in [-0.15, -0.1) is 0 Å². The smallest absolute Gasteiger partial charge is 0.138 e. The molecule has 1 nitrogen and oxygen atoms in total. The Morgan fingerprint density at radius 3 is 2.71 bits per heavy atom. The third-order valence-corrected chi connectivity index (χ3v) is 3.44. The molecule has 14 heavy (non-hydrogen) atoms. The summed E-state index contributed by atoms with van der Waals surface area (Å²) >= 11 is 9.47. The minimum absolute atomic E-state index is 0.557. The molecule has 0 unspecified atom stereocenters. The average Bonchev–Trinajstić information content (AvgIpc) is 2.14. The van der Waals surface area contributed by atoms with E-state index in [4.69, 9.17) is 11.6 Å². The Bertz CT molecular complexity index is 508. The Morgan fingerprint density at radius 2 is 2.00 bits per heavy atom. The van der Waals surface area contributed by atoms with Crippen molar-refractivity contribution in [2.45, 2.75) is 13.8 Å². The van der Waals surface area contributed by atoms with Crippen LogP contribution in [0.3, 0.4) is 0 Å². The Labute approximate surface area is 96.2 Å². The summed E-state index contributed by atoms with van der Waals surface area (Å²) in [6.45, 7) is 4.13. The van der Waals surface area contributed by atoms with E-state index < -0.39 is 0 Å². The highest BCUT2D eigenvalue weighted by Gasteiger charge is 2.08. The molecule has 1 aromatic heterocycles. The zero-order valence-electron chi connectivity index (χ0n) is 7.94. The molecule has 0 saturated heterocycles. The van der Waals surface area contributed by atoms with Gasteiger partial charge in [0.15, 0.2) is 0 Å². The molecule has 0 aliphatic heterocycles. The third-order valence-electron chi connectivity index (χ3n) is 2.38. The van der Waals surface area contributed by atoms with E-state index in [1.165, 1.54) is 10.9 Å². The lowest BCUT2D eigenvalue weighted by atomic mass is 10.0. The van der Waals surface area contributed by atoms with E-state index in [2.05, 4.69) is 33.9 Å². The first-order valence-electron chi connectivity index (χ1n) is 4.32. The van der Waals surface area contributed by atoms with Crippen LogP contribution in [0.25, 0.3) is 10.8 Å². The van der Waals surface area contributed by atoms with Gasteiger partial charge >= 0.3 is 0 Å². The number of hydrogen-bond acceptors (Lipinski definition) is 1. The van der Waals surface area contributed by atoms with Gasteiger partial charge in [0.05, 0.1) is 0 Å². The molecule has 0 amide bonds. The number of benzene rings is 1. The molecule has 0 aliphatic rings. The SMILES string of the molecule is Cc1cccc2c(Cl)nc(Br)c(C)c12. The van der Waals surface area contributed by atoms with Gasteiger partial charge in [-0.1, -0.05) is 29.8 Å². The fourth-order valence-corrected chi connectivity index (χ4v) is 2.39. The highest BCUT2D eigenvalue weighted by molar-refractivity contribution is 9.10. The van der Waals surface area contributed by atoms with Crippen molar-refractivity contribution in [1.82, 2.24) is 4.98 Å². The van der Waals surface area contributed by atoms with Crippen LogP contribution in [0, 0.1) is 13.8 Å². The van der Waals surface area contributed by atoms with Crippen LogP contribution in [-0.2, 0) is 0 Å². The molecular formula is C11H9BrClN. The number of aryl methyl sites for hydroxylation is 2. The first kappa shape index (κ1) is 9.94. The Kier molecular flexibility index (Phi) is 2.50. The molecule has 2 rings (SSSR count). The van der Waals surface area contributed by atoms with E-state index in [1.54, 1.807) is 0 Å². The minimum Gasteiger partial charge on any atom is -0.228 e. The summed E-state index contributed by atoms with van der Waals surface area (Å²) in [4.78, 5) is 4.22. The normalized spacial score (nSPS) is 10.9. The second-order valence-corrected chi connectivity index (χ2v) is 4.43. The van der Waals surface area contributed by atoms with Crippen molar-refractivity contribution >= 4 is 38.3 Å². The quantitative estimate of drug-likeness (QED) is 0.652. The minimum atomic E-state index is 0.557. The van der Waals surface area contributed by atoms with Crippen LogP contribution in [0.1, 0.15) is 11.1 Å². The van der Waals surface area contributed by atoms with Crippen LogP contribution in [0.15, 0.2) is 22.8 Å². The maximum atomic E-state index is 6.07.